The van der Waals surface area contributed by atoms with Crippen molar-refractivity contribution in [2.75, 3.05) is 22.9 Å². The van der Waals surface area contributed by atoms with Crippen molar-refractivity contribution in [2.45, 2.75) is 20.3 Å². The van der Waals surface area contributed by atoms with Gasteiger partial charge in [-0.3, -0.25) is 9.59 Å². The van der Waals surface area contributed by atoms with Crippen LogP contribution in [0.25, 0.3) is 0 Å². The van der Waals surface area contributed by atoms with Crippen LogP contribution in [0.15, 0.2) is 54.6 Å². The third-order valence-corrected chi connectivity index (χ3v) is 4.44. The Hall–Kier alpha value is -2.62. The topological polar surface area (TPSA) is 40.6 Å². The summed E-state index contributed by atoms with van der Waals surface area (Å²) in [5.41, 5.74) is 2.87. The molecule has 0 unspecified atom stereocenters. The van der Waals surface area contributed by atoms with Gasteiger partial charge in [0.25, 0.3) is 0 Å². The number of nitrogens with zero attached hydrogens (tertiary/aromatic N) is 2. The first-order chi connectivity index (χ1) is 11.6. The Morgan fingerprint density at radius 2 is 1.92 bits per heavy atom. The third-order valence-electron chi connectivity index (χ3n) is 4.44. The van der Waals surface area contributed by atoms with E-state index in [1.54, 1.807) is 9.80 Å². The summed E-state index contributed by atoms with van der Waals surface area (Å²) in [5, 5.41) is 0. The molecule has 24 heavy (non-hydrogen) atoms. The lowest BCUT2D eigenvalue weighted by Gasteiger charge is -2.24. The highest BCUT2D eigenvalue weighted by molar-refractivity contribution is 6.04. The number of benzene rings is 2. The molecule has 0 saturated carbocycles. The van der Waals surface area contributed by atoms with Gasteiger partial charge >= 0.3 is 0 Å². The standard InChI is InChI=1S/C20H22N2O2/c1-3-21(18-11-7-8-15(2)12-18)20(24)16-13-19(23)22(14-16)17-9-5-4-6-10-17/h4-12,16H,3,13-14H2,1-2H3/t16-/m0/s1. The minimum atomic E-state index is -0.293. The Balaban J connectivity index is 1.79. The fourth-order valence-corrected chi connectivity index (χ4v) is 3.21. The highest BCUT2D eigenvalue weighted by atomic mass is 16.2. The Morgan fingerprint density at radius 3 is 2.58 bits per heavy atom. The molecule has 0 aliphatic carbocycles. The van der Waals surface area contributed by atoms with E-state index in [2.05, 4.69) is 0 Å². The fourth-order valence-electron chi connectivity index (χ4n) is 3.21. The Morgan fingerprint density at radius 1 is 1.17 bits per heavy atom. The van der Waals surface area contributed by atoms with E-state index in [9.17, 15) is 9.59 Å². The smallest absolute Gasteiger partial charge is 0.232 e. The molecular weight excluding hydrogens is 300 g/mol. The lowest BCUT2D eigenvalue weighted by molar-refractivity contribution is -0.124. The molecule has 2 aromatic rings. The summed E-state index contributed by atoms with van der Waals surface area (Å²) < 4.78 is 0. The van der Waals surface area contributed by atoms with Gasteiger partial charge < -0.3 is 9.80 Å². The number of rotatable bonds is 4. The van der Waals surface area contributed by atoms with Gasteiger partial charge in [0.15, 0.2) is 0 Å². The fraction of sp³-hybridized carbons (Fsp3) is 0.300. The molecule has 1 saturated heterocycles. The average molecular weight is 322 g/mol. The van der Waals surface area contributed by atoms with Crippen LogP contribution in [0.1, 0.15) is 18.9 Å². The lowest BCUT2D eigenvalue weighted by atomic mass is 10.1. The van der Waals surface area contributed by atoms with Gasteiger partial charge in [0.05, 0.1) is 5.92 Å². The van der Waals surface area contributed by atoms with Gasteiger partial charge in [-0.25, -0.2) is 0 Å². The second-order valence-corrected chi connectivity index (χ2v) is 6.16. The maximum atomic E-state index is 13.0. The molecule has 4 nitrogen and oxygen atoms in total. The molecule has 1 atom stereocenters. The quantitative estimate of drug-likeness (QED) is 0.865. The Labute approximate surface area is 142 Å². The first-order valence-corrected chi connectivity index (χ1v) is 8.33. The molecule has 1 aliphatic rings. The predicted octanol–water partition coefficient (Wildman–Crippen LogP) is 3.40. The zero-order valence-corrected chi connectivity index (χ0v) is 14.1. The summed E-state index contributed by atoms with van der Waals surface area (Å²) in [7, 11) is 0. The van der Waals surface area contributed by atoms with E-state index in [1.807, 2.05) is 68.4 Å². The zero-order chi connectivity index (χ0) is 17.1. The van der Waals surface area contributed by atoms with Crippen LogP contribution in [-0.4, -0.2) is 24.9 Å². The van der Waals surface area contributed by atoms with Crippen molar-refractivity contribution >= 4 is 23.2 Å². The summed E-state index contributed by atoms with van der Waals surface area (Å²) in [4.78, 5) is 28.8. The van der Waals surface area contributed by atoms with E-state index in [1.165, 1.54) is 0 Å². The molecule has 1 fully saturated rings. The first-order valence-electron chi connectivity index (χ1n) is 8.33. The van der Waals surface area contributed by atoms with Crippen LogP contribution in [0.3, 0.4) is 0 Å². The molecule has 0 aromatic heterocycles. The van der Waals surface area contributed by atoms with E-state index < -0.39 is 0 Å². The van der Waals surface area contributed by atoms with Crippen molar-refractivity contribution in [3.8, 4) is 0 Å². The summed E-state index contributed by atoms with van der Waals surface area (Å²) in [6.45, 7) is 5.02. The first kappa shape index (κ1) is 16.2. The van der Waals surface area contributed by atoms with Crippen molar-refractivity contribution in [2.24, 2.45) is 5.92 Å². The monoisotopic (exact) mass is 322 g/mol. The molecule has 3 rings (SSSR count). The Kier molecular flexibility index (Phi) is 4.65. The number of hydrogen-bond acceptors (Lipinski definition) is 2. The van der Waals surface area contributed by atoms with Gasteiger partial charge in [0.2, 0.25) is 11.8 Å². The molecule has 0 N–H and O–H groups in total. The van der Waals surface area contributed by atoms with E-state index in [0.717, 1.165) is 16.9 Å². The van der Waals surface area contributed by atoms with Crippen molar-refractivity contribution in [3.63, 3.8) is 0 Å². The maximum Gasteiger partial charge on any atom is 0.232 e. The molecule has 124 valence electrons. The second-order valence-electron chi connectivity index (χ2n) is 6.16. The summed E-state index contributed by atoms with van der Waals surface area (Å²) in [5.74, 6) is -0.257. The van der Waals surface area contributed by atoms with Gasteiger partial charge in [-0.05, 0) is 43.7 Å². The summed E-state index contributed by atoms with van der Waals surface area (Å²) in [6.07, 6.45) is 0.274. The van der Waals surface area contributed by atoms with Crippen LogP contribution >= 0.6 is 0 Å². The lowest BCUT2D eigenvalue weighted by Crippen LogP contribution is -2.37. The second kappa shape index (κ2) is 6.87. The normalized spacial score (nSPS) is 17.2. The minimum Gasteiger partial charge on any atom is -0.312 e. The summed E-state index contributed by atoms with van der Waals surface area (Å²) in [6, 6.07) is 17.5. The minimum absolute atomic E-state index is 0.0137. The van der Waals surface area contributed by atoms with E-state index in [-0.39, 0.29) is 24.2 Å². The van der Waals surface area contributed by atoms with Gasteiger partial charge in [-0.2, -0.15) is 0 Å². The van der Waals surface area contributed by atoms with E-state index in [4.69, 9.17) is 0 Å². The molecule has 2 aromatic carbocycles. The molecule has 0 spiro atoms. The van der Waals surface area contributed by atoms with Gasteiger partial charge in [0.1, 0.15) is 0 Å². The van der Waals surface area contributed by atoms with Gasteiger partial charge in [-0.1, -0.05) is 30.3 Å². The van der Waals surface area contributed by atoms with Crippen LogP contribution in [-0.2, 0) is 9.59 Å². The number of para-hydroxylation sites is 1. The van der Waals surface area contributed by atoms with Crippen molar-refractivity contribution in [3.05, 3.63) is 60.2 Å². The number of anilines is 2. The molecule has 1 aliphatic heterocycles. The predicted molar refractivity (Wildman–Crippen MR) is 96.1 cm³/mol. The van der Waals surface area contributed by atoms with Crippen LogP contribution in [0, 0.1) is 12.8 Å². The number of aryl methyl sites for hydroxylation is 1. The van der Waals surface area contributed by atoms with Crippen LogP contribution < -0.4 is 9.80 Å². The van der Waals surface area contributed by atoms with Crippen LogP contribution in [0.2, 0.25) is 0 Å². The number of carbonyl (C=O) groups is 2. The van der Waals surface area contributed by atoms with Crippen molar-refractivity contribution < 1.29 is 9.59 Å². The Bertz CT molecular complexity index is 742. The SMILES string of the molecule is CCN(C(=O)[C@H]1CC(=O)N(c2ccccc2)C1)c1cccc(C)c1. The average Bonchev–Trinajstić information content (AvgIpc) is 2.98. The van der Waals surface area contributed by atoms with Gasteiger partial charge in [0, 0.05) is 30.9 Å². The highest BCUT2D eigenvalue weighted by Gasteiger charge is 2.37. The molecule has 0 radical (unpaired) electrons. The molecule has 4 heteroatoms. The van der Waals surface area contributed by atoms with Gasteiger partial charge in [-0.15, -0.1) is 0 Å². The molecule has 1 heterocycles. The molecule has 2 amide bonds. The largest absolute Gasteiger partial charge is 0.312 e. The maximum absolute atomic E-state index is 13.0. The van der Waals surface area contributed by atoms with Crippen molar-refractivity contribution in [1.29, 1.82) is 0 Å². The van der Waals surface area contributed by atoms with Crippen molar-refractivity contribution in [1.82, 2.24) is 0 Å². The van der Waals surface area contributed by atoms with E-state index >= 15 is 0 Å². The molecule has 0 bridgehead atoms. The number of hydrogen-bond donors (Lipinski definition) is 0. The van der Waals surface area contributed by atoms with Crippen LogP contribution in [0.4, 0.5) is 11.4 Å². The van der Waals surface area contributed by atoms with E-state index in [0.29, 0.717) is 13.1 Å². The molecular formula is C20H22N2O2. The third kappa shape index (κ3) is 3.18. The summed E-state index contributed by atoms with van der Waals surface area (Å²) >= 11 is 0. The van der Waals surface area contributed by atoms with Crippen LogP contribution in [0.5, 0.6) is 0 Å². The number of amides is 2. The highest BCUT2D eigenvalue weighted by Crippen LogP contribution is 2.28. The zero-order valence-electron chi connectivity index (χ0n) is 14.1. The number of carbonyl (C=O) groups excluding carboxylic acids is 2.